The van der Waals surface area contributed by atoms with Crippen LogP contribution < -0.4 is 0 Å². The molecule has 0 amide bonds. The molecule has 0 aliphatic carbocycles. The van der Waals surface area contributed by atoms with E-state index in [9.17, 15) is 4.79 Å². The number of aldehydes is 1. The molecule has 1 aromatic rings. The second-order valence-corrected chi connectivity index (χ2v) is 1.98. The molecule has 1 heterocycles. The molecule has 48 valence electrons. The van der Waals surface area contributed by atoms with E-state index < -0.39 is 0 Å². The molecule has 2 heteroatoms. The maximum Gasteiger partial charge on any atom is 0.127 e. The minimum Gasteiger partial charge on any atom is -0.472 e. The van der Waals surface area contributed by atoms with E-state index in [1.165, 1.54) is 0 Å². The van der Waals surface area contributed by atoms with E-state index >= 15 is 0 Å². The Morgan fingerprint density at radius 1 is 1.78 bits per heavy atom. The molecule has 0 fully saturated rings. The average molecular weight is 124 g/mol. The van der Waals surface area contributed by atoms with Gasteiger partial charge in [-0.05, 0) is 6.07 Å². The summed E-state index contributed by atoms with van der Waals surface area (Å²) in [5.74, 6) is -0.0382. The van der Waals surface area contributed by atoms with E-state index in [-0.39, 0.29) is 5.92 Å². The highest BCUT2D eigenvalue weighted by atomic mass is 16.3. The Kier molecular flexibility index (Phi) is 1.68. The first-order chi connectivity index (χ1) is 4.34. The summed E-state index contributed by atoms with van der Waals surface area (Å²) in [7, 11) is 0. The molecule has 1 rings (SSSR count). The first kappa shape index (κ1) is 6.08. The summed E-state index contributed by atoms with van der Waals surface area (Å²) in [5, 5.41) is 0. The lowest BCUT2D eigenvalue weighted by atomic mass is 10.1. The third-order valence-electron chi connectivity index (χ3n) is 1.27. The molecule has 0 bridgehead atoms. The summed E-state index contributed by atoms with van der Waals surface area (Å²) in [6.07, 6.45) is 4.04. The lowest BCUT2D eigenvalue weighted by Crippen LogP contribution is -1.89. The van der Waals surface area contributed by atoms with Crippen LogP contribution in [0.3, 0.4) is 0 Å². The van der Waals surface area contributed by atoms with Crippen molar-refractivity contribution in [2.45, 2.75) is 12.8 Å². The molecular weight excluding hydrogens is 116 g/mol. The lowest BCUT2D eigenvalue weighted by molar-refractivity contribution is -0.108. The van der Waals surface area contributed by atoms with Crippen LogP contribution in [0.5, 0.6) is 0 Å². The maximum atomic E-state index is 10.2. The first-order valence-corrected chi connectivity index (χ1v) is 2.82. The standard InChI is InChI=1S/C7H8O2/c1-6(4-8)7-2-3-9-5-7/h2-6H,1H3/t6-/m0/s1. The van der Waals surface area contributed by atoms with Gasteiger partial charge in [-0.1, -0.05) is 6.92 Å². The summed E-state index contributed by atoms with van der Waals surface area (Å²) in [4.78, 5) is 10.2. The van der Waals surface area contributed by atoms with Gasteiger partial charge in [0.15, 0.2) is 0 Å². The van der Waals surface area contributed by atoms with Crippen LogP contribution in [-0.2, 0) is 4.79 Å². The molecule has 2 nitrogen and oxygen atoms in total. The van der Waals surface area contributed by atoms with Crippen molar-refractivity contribution in [3.8, 4) is 0 Å². The molecule has 0 spiro atoms. The molecule has 9 heavy (non-hydrogen) atoms. The third kappa shape index (κ3) is 1.19. The number of rotatable bonds is 2. The summed E-state index contributed by atoms with van der Waals surface area (Å²) in [6.45, 7) is 1.83. The molecule has 0 unspecified atom stereocenters. The zero-order chi connectivity index (χ0) is 6.69. The Balaban J connectivity index is 2.76. The second-order valence-electron chi connectivity index (χ2n) is 1.98. The number of hydrogen-bond donors (Lipinski definition) is 0. The summed E-state index contributed by atoms with van der Waals surface area (Å²) >= 11 is 0. The molecule has 0 aromatic carbocycles. The van der Waals surface area contributed by atoms with Gasteiger partial charge in [0.25, 0.3) is 0 Å². The minimum absolute atomic E-state index is 0.0382. The van der Waals surface area contributed by atoms with Crippen LogP contribution in [-0.4, -0.2) is 6.29 Å². The Morgan fingerprint density at radius 3 is 3.00 bits per heavy atom. The van der Waals surface area contributed by atoms with Crippen molar-refractivity contribution in [3.05, 3.63) is 24.2 Å². The molecule has 0 saturated carbocycles. The third-order valence-corrected chi connectivity index (χ3v) is 1.27. The Bertz CT molecular complexity index is 177. The van der Waals surface area contributed by atoms with Crippen molar-refractivity contribution in [1.29, 1.82) is 0 Å². The van der Waals surface area contributed by atoms with Gasteiger partial charge in [-0.25, -0.2) is 0 Å². The van der Waals surface area contributed by atoms with Gasteiger partial charge in [0.2, 0.25) is 0 Å². The predicted molar refractivity (Wildman–Crippen MR) is 33.2 cm³/mol. The highest BCUT2D eigenvalue weighted by Crippen LogP contribution is 2.11. The summed E-state index contributed by atoms with van der Waals surface area (Å²) in [5.41, 5.74) is 0.935. The van der Waals surface area contributed by atoms with Gasteiger partial charge >= 0.3 is 0 Å². The highest BCUT2D eigenvalue weighted by Gasteiger charge is 2.02. The van der Waals surface area contributed by atoms with Crippen LogP contribution >= 0.6 is 0 Å². The summed E-state index contributed by atoms with van der Waals surface area (Å²) in [6, 6.07) is 1.79. The van der Waals surface area contributed by atoms with E-state index in [2.05, 4.69) is 0 Å². The predicted octanol–water partition coefficient (Wildman–Crippen LogP) is 1.58. The van der Waals surface area contributed by atoms with Gasteiger partial charge in [0.05, 0.1) is 12.5 Å². The van der Waals surface area contributed by atoms with Crippen LogP contribution in [0.15, 0.2) is 23.0 Å². The highest BCUT2D eigenvalue weighted by molar-refractivity contribution is 5.60. The quantitative estimate of drug-likeness (QED) is 0.560. The smallest absolute Gasteiger partial charge is 0.127 e. The van der Waals surface area contributed by atoms with Crippen molar-refractivity contribution in [1.82, 2.24) is 0 Å². The zero-order valence-electron chi connectivity index (χ0n) is 5.20. The van der Waals surface area contributed by atoms with Crippen molar-refractivity contribution in [3.63, 3.8) is 0 Å². The van der Waals surface area contributed by atoms with Crippen molar-refractivity contribution < 1.29 is 9.21 Å². The first-order valence-electron chi connectivity index (χ1n) is 2.82. The number of furan rings is 1. The van der Waals surface area contributed by atoms with E-state index in [1.54, 1.807) is 18.6 Å². The van der Waals surface area contributed by atoms with E-state index in [1.807, 2.05) is 6.92 Å². The van der Waals surface area contributed by atoms with Gasteiger partial charge in [0, 0.05) is 11.5 Å². The molecule has 0 aliphatic heterocycles. The lowest BCUT2D eigenvalue weighted by Gasteiger charge is -1.93. The second kappa shape index (κ2) is 2.49. The van der Waals surface area contributed by atoms with Gasteiger partial charge in [-0.15, -0.1) is 0 Å². The normalized spacial score (nSPS) is 13.0. The van der Waals surface area contributed by atoms with Gasteiger partial charge < -0.3 is 9.21 Å². The molecule has 1 aromatic heterocycles. The molecule has 1 atom stereocenters. The van der Waals surface area contributed by atoms with E-state index in [0.717, 1.165) is 11.8 Å². The number of carbonyl (C=O) groups is 1. The largest absolute Gasteiger partial charge is 0.472 e. The Labute approximate surface area is 53.5 Å². The molecule has 0 saturated heterocycles. The Morgan fingerprint density at radius 2 is 2.56 bits per heavy atom. The molecule has 0 radical (unpaired) electrons. The van der Waals surface area contributed by atoms with E-state index in [4.69, 9.17) is 4.42 Å². The van der Waals surface area contributed by atoms with Crippen LogP contribution in [0.2, 0.25) is 0 Å². The molecule has 0 aliphatic rings. The fourth-order valence-electron chi connectivity index (χ4n) is 0.613. The monoisotopic (exact) mass is 124 g/mol. The van der Waals surface area contributed by atoms with Crippen LogP contribution in [0.4, 0.5) is 0 Å². The Hall–Kier alpha value is -1.05. The van der Waals surface area contributed by atoms with Crippen LogP contribution in [0, 0.1) is 0 Å². The zero-order valence-corrected chi connectivity index (χ0v) is 5.20. The SMILES string of the molecule is C[C@@H](C=O)c1ccoc1. The van der Waals surface area contributed by atoms with Gasteiger partial charge in [-0.3, -0.25) is 0 Å². The minimum atomic E-state index is -0.0382. The van der Waals surface area contributed by atoms with Crippen LogP contribution in [0.1, 0.15) is 18.4 Å². The summed E-state index contributed by atoms with van der Waals surface area (Å²) < 4.78 is 4.78. The van der Waals surface area contributed by atoms with Crippen LogP contribution in [0.25, 0.3) is 0 Å². The van der Waals surface area contributed by atoms with E-state index in [0.29, 0.717) is 0 Å². The average Bonchev–Trinajstić information content (AvgIpc) is 2.37. The molecule has 0 N–H and O–H groups in total. The van der Waals surface area contributed by atoms with Crippen molar-refractivity contribution in [2.24, 2.45) is 0 Å². The maximum absolute atomic E-state index is 10.2. The number of hydrogen-bond acceptors (Lipinski definition) is 2. The molecular formula is C7H8O2. The fraction of sp³-hybridized carbons (Fsp3) is 0.286. The van der Waals surface area contributed by atoms with Crippen molar-refractivity contribution in [2.75, 3.05) is 0 Å². The topological polar surface area (TPSA) is 30.2 Å². The fourth-order valence-corrected chi connectivity index (χ4v) is 0.613. The number of carbonyl (C=O) groups excluding carboxylic acids is 1. The van der Waals surface area contributed by atoms with Gasteiger partial charge in [0.1, 0.15) is 6.29 Å². The van der Waals surface area contributed by atoms with Crippen molar-refractivity contribution >= 4 is 6.29 Å². The van der Waals surface area contributed by atoms with Gasteiger partial charge in [-0.2, -0.15) is 0 Å².